The van der Waals surface area contributed by atoms with Crippen molar-refractivity contribution in [2.45, 2.75) is 11.1 Å². The average molecular weight is 388 g/mol. The molecule has 0 saturated heterocycles. The normalized spacial score (nSPS) is 12.6. The van der Waals surface area contributed by atoms with Crippen LogP contribution < -0.4 is 0 Å². The predicted octanol–water partition coefficient (Wildman–Crippen LogP) is 3.24. The molecule has 1 aromatic heterocycles. The van der Waals surface area contributed by atoms with E-state index in [4.69, 9.17) is 10.7 Å². The lowest BCUT2D eigenvalue weighted by Gasteiger charge is -2.03. The molecule has 0 bridgehead atoms. The van der Waals surface area contributed by atoms with E-state index in [9.17, 15) is 26.4 Å². The summed E-state index contributed by atoms with van der Waals surface area (Å²) in [5.74, 6) is -1.21. The molecular weight excluding hydrogens is 385 g/mol. The molecule has 0 amide bonds. The Morgan fingerprint density at radius 2 is 1.94 bits per heavy atom. The third-order valence-electron chi connectivity index (χ3n) is 1.68. The number of methoxy groups -OCH3 is 1. The van der Waals surface area contributed by atoms with Gasteiger partial charge in [0.1, 0.15) is 14.6 Å². The van der Waals surface area contributed by atoms with Gasteiger partial charge in [-0.2, -0.15) is 13.2 Å². The molecular formula is C7H3BrClF3O4S2. The second kappa shape index (κ2) is 4.99. The van der Waals surface area contributed by atoms with E-state index in [1.807, 2.05) is 0 Å². The third kappa shape index (κ3) is 2.98. The molecule has 4 nitrogen and oxygen atoms in total. The number of alkyl halides is 3. The van der Waals surface area contributed by atoms with Gasteiger partial charge in [-0.05, 0) is 15.9 Å². The molecule has 0 aromatic carbocycles. The van der Waals surface area contributed by atoms with Gasteiger partial charge < -0.3 is 4.74 Å². The van der Waals surface area contributed by atoms with E-state index in [1.165, 1.54) is 0 Å². The Morgan fingerprint density at radius 1 is 1.44 bits per heavy atom. The molecule has 1 heterocycles. The van der Waals surface area contributed by atoms with Gasteiger partial charge in [-0.1, -0.05) is 0 Å². The van der Waals surface area contributed by atoms with Crippen molar-refractivity contribution in [1.82, 2.24) is 0 Å². The molecule has 0 aliphatic rings. The van der Waals surface area contributed by atoms with Gasteiger partial charge in [0, 0.05) is 10.7 Å². The molecule has 0 spiro atoms. The van der Waals surface area contributed by atoms with E-state index in [1.54, 1.807) is 0 Å². The lowest BCUT2D eigenvalue weighted by Crippen LogP contribution is -2.04. The van der Waals surface area contributed by atoms with E-state index in [2.05, 4.69) is 20.7 Å². The largest absolute Gasteiger partial charge is 0.465 e. The van der Waals surface area contributed by atoms with E-state index < -0.39 is 40.3 Å². The Bertz CT molecular complexity index is 593. The van der Waals surface area contributed by atoms with Crippen molar-refractivity contribution >= 4 is 53.0 Å². The van der Waals surface area contributed by atoms with E-state index in [0.717, 1.165) is 7.11 Å². The maximum atomic E-state index is 12.6. The van der Waals surface area contributed by atoms with Crippen LogP contribution in [-0.2, 0) is 20.0 Å². The molecule has 0 atom stereocenters. The molecule has 0 fully saturated rings. The van der Waals surface area contributed by atoms with Crippen LogP contribution in [0.2, 0.25) is 0 Å². The number of esters is 1. The minimum atomic E-state index is -4.81. The molecule has 0 radical (unpaired) electrons. The molecule has 11 heteroatoms. The highest BCUT2D eigenvalue weighted by Crippen LogP contribution is 2.46. The van der Waals surface area contributed by atoms with Crippen molar-refractivity contribution in [2.24, 2.45) is 0 Å². The van der Waals surface area contributed by atoms with E-state index >= 15 is 0 Å². The zero-order valence-electron chi connectivity index (χ0n) is 8.34. The van der Waals surface area contributed by atoms with Crippen LogP contribution >= 0.6 is 37.9 Å². The van der Waals surface area contributed by atoms with Crippen molar-refractivity contribution in [3.63, 3.8) is 0 Å². The maximum absolute atomic E-state index is 12.6. The van der Waals surface area contributed by atoms with Crippen molar-refractivity contribution < 1.29 is 31.1 Å². The number of carbonyl (C=O) groups is 1. The van der Waals surface area contributed by atoms with Crippen LogP contribution in [0.25, 0.3) is 0 Å². The summed E-state index contributed by atoms with van der Waals surface area (Å²) in [7, 11) is 1.39. The number of carbonyl (C=O) groups excluding carboxylic acids is 1. The number of halogens is 5. The molecule has 1 rings (SSSR count). The highest BCUT2D eigenvalue weighted by Gasteiger charge is 2.41. The second-order valence-corrected chi connectivity index (χ2v) is 7.15. The number of hydrogen-bond acceptors (Lipinski definition) is 5. The first kappa shape index (κ1) is 15.7. The fourth-order valence-corrected chi connectivity index (χ4v) is 5.35. The van der Waals surface area contributed by atoms with E-state index in [-0.39, 0.29) is 11.3 Å². The van der Waals surface area contributed by atoms with Gasteiger partial charge in [0.25, 0.3) is 9.05 Å². The molecule has 0 aliphatic carbocycles. The molecule has 1 aromatic rings. The van der Waals surface area contributed by atoms with Gasteiger partial charge >= 0.3 is 12.1 Å². The standard InChI is InChI=1S/C7H3BrClF3O4S2/c1-16-6(13)3-4(18(9,14)15)2(8)5(17-3)7(10,11)12/h1H3. The molecule has 0 N–H and O–H groups in total. The number of hydrogen-bond donors (Lipinski definition) is 0. The lowest BCUT2D eigenvalue weighted by atomic mass is 10.4. The average Bonchev–Trinajstić information content (AvgIpc) is 2.53. The number of thiophene rings is 1. The van der Waals surface area contributed by atoms with Crippen LogP contribution in [0, 0.1) is 0 Å². The first-order valence-electron chi connectivity index (χ1n) is 3.92. The first-order chi connectivity index (χ1) is 8.00. The summed E-state index contributed by atoms with van der Waals surface area (Å²) in [6.07, 6.45) is -4.81. The smallest absolute Gasteiger partial charge is 0.426 e. The van der Waals surface area contributed by atoms with Gasteiger partial charge in [0.05, 0.1) is 11.6 Å². The zero-order valence-corrected chi connectivity index (χ0v) is 12.3. The first-order valence-corrected chi connectivity index (χ1v) is 7.84. The SMILES string of the molecule is COC(=O)c1sc(C(F)(F)F)c(Br)c1S(=O)(=O)Cl. The molecule has 102 valence electrons. The highest BCUT2D eigenvalue weighted by atomic mass is 79.9. The van der Waals surface area contributed by atoms with Gasteiger partial charge in [0.2, 0.25) is 0 Å². The van der Waals surface area contributed by atoms with Gasteiger partial charge in [-0.3, -0.25) is 0 Å². The highest BCUT2D eigenvalue weighted by molar-refractivity contribution is 9.10. The molecule has 0 unspecified atom stereocenters. The quantitative estimate of drug-likeness (QED) is 0.577. The van der Waals surface area contributed by atoms with Crippen LogP contribution in [0.4, 0.5) is 13.2 Å². The van der Waals surface area contributed by atoms with Gasteiger partial charge in [0.15, 0.2) is 0 Å². The summed E-state index contributed by atoms with van der Waals surface area (Å²) >= 11 is 2.43. The Balaban J connectivity index is 3.68. The molecule has 0 saturated carbocycles. The fraction of sp³-hybridized carbons (Fsp3) is 0.286. The second-order valence-electron chi connectivity index (χ2n) is 2.83. The number of rotatable bonds is 2. The summed E-state index contributed by atoms with van der Waals surface area (Å²) in [5, 5.41) is 0. The zero-order chi connectivity index (χ0) is 14.3. The minimum absolute atomic E-state index is 0.0574. The van der Waals surface area contributed by atoms with Crippen LogP contribution in [0.15, 0.2) is 9.37 Å². The molecule has 0 aliphatic heterocycles. The third-order valence-corrected chi connectivity index (χ3v) is 5.70. The van der Waals surface area contributed by atoms with Crippen molar-refractivity contribution in [2.75, 3.05) is 7.11 Å². The van der Waals surface area contributed by atoms with Crippen molar-refractivity contribution in [1.29, 1.82) is 0 Å². The minimum Gasteiger partial charge on any atom is -0.465 e. The topological polar surface area (TPSA) is 60.4 Å². The Hall–Kier alpha value is -0.320. The summed E-state index contributed by atoms with van der Waals surface area (Å²) < 4.78 is 63.6. The summed E-state index contributed by atoms with van der Waals surface area (Å²) in [6.45, 7) is 0. The van der Waals surface area contributed by atoms with E-state index in [0.29, 0.717) is 0 Å². The van der Waals surface area contributed by atoms with Gasteiger partial charge in [-0.15, -0.1) is 11.3 Å². The fourth-order valence-electron chi connectivity index (χ4n) is 1.02. The van der Waals surface area contributed by atoms with Gasteiger partial charge in [-0.25, -0.2) is 13.2 Å². The lowest BCUT2D eigenvalue weighted by molar-refractivity contribution is -0.135. The Labute approximate surface area is 116 Å². The van der Waals surface area contributed by atoms with Crippen molar-refractivity contribution in [3.8, 4) is 0 Å². The summed E-state index contributed by atoms with van der Waals surface area (Å²) in [4.78, 5) is 8.31. The van der Waals surface area contributed by atoms with Crippen LogP contribution in [0.1, 0.15) is 14.5 Å². The number of ether oxygens (including phenoxy) is 1. The van der Waals surface area contributed by atoms with Crippen molar-refractivity contribution in [3.05, 3.63) is 14.2 Å². The Kier molecular flexibility index (Phi) is 4.36. The molecule has 18 heavy (non-hydrogen) atoms. The predicted molar refractivity (Wildman–Crippen MR) is 61.4 cm³/mol. The van der Waals surface area contributed by atoms with Crippen LogP contribution in [0.5, 0.6) is 0 Å². The monoisotopic (exact) mass is 386 g/mol. The van der Waals surface area contributed by atoms with Crippen LogP contribution in [-0.4, -0.2) is 21.5 Å². The maximum Gasteiger partial charge on any atom is 0.426 e. The van der Waals surface area contributed by atoms with Crippen LogP contribution in [0.3, 0.4) is 0 Å². The summed E-state index contributed by atoms with van der Waals surface area (Å²) in [5.41, 5.74) is 0. The summed E-state index contributed by atoms with van der Waals surface area (Å²) in [6, 6.07) is 0. The Morgan fingerprint density at radius 3 is 2.28 bits per heavy atom.